The van der Waals surface area contributed by atoms with Crippen LogP contribution in [0.2, 0.25) is 0 Å². The van der Waals surface area contributed by atoms with Crippen LogP contribution in [0.5, 0.6) is 0 Å². The molecule has 1 aliphatic rings. The molecule has 1 atom stereocenters. The van der Waals surface area contributed by atoms with E-state index < -0.39 is 16.1 Å². The highest BCUT2D eigenvalue weighted by molar-refractivity contribution is 7.88. The van der Waals surface area contributed by atoms with Crippen molar-refractivity contribution in [3.05, 3.63) is 0 Å². The van der Waals surface area contributed by atoms with Gasteiger partial charge in [0.1, 0.15) is 5.84 Å². The minimum absolute atomic E-state index is 0.0766. The Morgan fingerprint density at radius 1 is 1.40 bits per heavy atom. The van der Waals surface area contributed by atoms with Crippen molar-refractivity contribution in [3.63, 3.8) is 0 Å². The molecule has 15 heavy (non-hydrogen) atoms. The van der Waals surface area contributed by atoms with Crippen LogP contribution in [-0.4, -0.2) is 26.6 Å². The van der Waals surface area contributed by atoms with Crippen LogP contribution in [0.15, 0.2) is 0 Å². The lowest BCUT2D eigenvalue weighted by Gasteiger charge is -2.29. The Morgan fingerprint density at radius 3 is 2.33 bits per heavy atom. The third kappa shape index (κ3) is 4.17. The van der Waals surface area contributed by atoms with E-state index in [1.54, 1.807) is 0 Å². The Bertz CT molecular complexity index is 320. The van der Waals surface area contributed by atoms with Gasteiger partial charge in [-0.25, -0.2) is 13.1 Å². The van der Waals surface area contributed by atoms with E-state index in [1.807, 2.05) is 0 Å². The minimum atomic E-state index is -3.29. The average Bonchev–Trinajstić information content (AvgIpc) is 2.14. The van der Waals surface area contributed by atoms with Crippen LogP contribution >= 0.6 is 0 Å². The highest BCUT2D eigenvalue weighted by Gasteiger charge is 2.28. The van der Waals surface area contributed by atoms with Crippen LogP contribution < -0.4 is 10.5 Å². The molecule has 0 aromatic carbocycles. The van der Waals surface area contributed by atoms with Gasteiger partial charge in [0.25, 0.3) is 0 Å². The van der Waals surface area contributed by atoms with Crippen molar-refractivity contribution in [2.45, 2.75) is 38.1 Å². The molecule has 0 bridgehead atoms. The zero-order chi connectivity index (χ0) is 11.5. The van der Waals surface area contributed by atoms with E-state index in [9.17, 15) is 8.42 Å². The normalized spacial score (nSPS) is 21.1. The molecule has 6 heteroatoms. The standard InChI is InChI=1S/C9H19N3O2S/c1-15(13,14)12-8(9(10)11)7-5-3-2-4-6-7/h7-8,12H,2-6H2,1H3,(H3,10,11). The third-order valence-electron chi connectivity index (χ3n) is 2.80. The van der Waals surface area contributed by atoms with Gasteiger partial charge in [-0.3, -0.25) is 5.41 Å². The van der Waals surface area contributed by atoms with Gasteiger partial charge in [0.2, 0.25) is 10.0 Å². The first-order valence-electron chi connectivity index (χ1n) is 5.21. The number of hydrogen-bond donors (Lipinski definition) is 3. The zero-order valence-corrected chi connectivity index (χ0v) is 9.81. The summed E-state index contributed by atoms with van der Waals surface area (Å²) >= 11 is 0. The quantitative estimate of drug-likeness (QED) is 0.485. The molecule has 0 saturated heterocycles. The van der Waals surface area contributed by atoms with Crippen LogP contribution in [0.25, 0.3) is 0 Å². The maximum atomic E-state index is 11.1. The van der Waals surface area contributed by atoms with E-state index >= 15 is 0 Å². The molecule has 0 amide bonds. The lowest BCUT2D eigenvalue weighted by atomic mass is 9.84. The molecule has 1 rings (SSSR count). The summed E-state index contributed by atoms with van der Waals surface area (Å²) in [5, 5.41) is 7.42. The first-order chi connectivity index (χ1) is 6.90. The van der Waals surface area contributed by atoms with Crippen LogP contribution in [0.1, 0.15) is 32.1 Å². The van der Waals surface area contributed by atoms with Crippen molar-refractivity contribution in [1.82, 2.24) is 4.72 Å². The molecule has 0 spiro atoms. The van der Waals surface area contributed by atoms with Crippen molar-refractivity contribution in [2.24, 2.45) is 11.7 Å². The first-order valence-corrected chi connectivity index (χ1v) is 7.10. The maximum absolute atomic E-state index is 11.1. The summed E-state index contributed by atoms with van der Waals surface area (Å²) in [6.07, 6.45) is 6.39. The molecule has 1 unspecified atom stereocenters. The zero-order valence-electron chi connectivity index (χ0n) is 8.99. The van der Waals surface area contributed by atoms with Crippen LogP contribution in [-0.2, 0) is 10.0 Å². The minimum Gasteiger partial charge on any atom is -0.386 e. The van der Waals surface area contributed by atoms with E-state index in [-0.39, 0.29) is 11.8 Å². The molecule has 0 radical (unpaired) electrons. The van der Waals surface area contributed by atoms with E-state index in [4.69, 9.17) is 11.1 Å². The highest BCUT2D eigenvalue weighted by atomic mass is 32.2. The summed E-state index contributed by atoms with van der Waals surface area (Å²) in [5.41, 5.74) is 5.43. The van der Waals surface area contributed by atoms with Crippen molar-refractivity contribution >= 4 is 15.9 Å². The Labute approximate surface area is 91.0 Å². The predicted molar refractivity (Wildman–Crippen MR) is 60.3 cm³/mol. The molecule has 5 nitrogen and oxygen atoms in total. The number of nitrogens with two attached hydrogens (primary N) is 1. The number of hydrogen-bond acceptors (Lipinski definition) is 3. The van der Waals surface area contributed by atoms with E-state index in [0.29, 0.717) is 0 Å². The lowest BCUT2D eigenvalue weighted by Crippen LogP contribution is -2.48. The number of amidine groups is 1. The summed E-state index contributed by atoms with van der Waals surface area (Å²) in [7, 11) is -3.29. The topological polar surface area (TPSA) is 96.0 Å². The summed E-state index contributed by atoms with van der Waals surface area (Å²) in [5.74, 6) is 0.110. The van der Waals surface area contributed by atoms with Crippen LogP contribution in [0.4, 0.5) is 0 Å². The van der Waals surface area contributed by atoms with Gasteiger partial charge in [-0.05, 0) is 18.8 Å². The van der Waals surface area contributed by atoms with Gasteiger partial charge in [0.15, 0.2) is 0 Å². The van der Waals surface area contributed by atoms with Gasteiger partial charge in [0.05, 0.1) is 12.3 Å². The number of nitrogens with one attached hydrogen (secondary N) is 2. The average molecular weight is 233 g/mol. The summed E-state index contributed by atoms with van der Waals surface area (Å²) in [4.78, 5) is 0. The molecule has 88 valence electrons. The van der Waals surface area contributed by atoms with Gasteiger partial charge in [-0.2, -0.15) is 0 Å². The second-order valence-electron chi connectivity index (χ2n) is 4.22. The lowest BCUT2D eigenvalue weighted by molar-refractivity contribution is 0.328. The second kappa shape index (κ2) is 4.94. The fourth-order valence-corrected chi connectivity index (χ4v) is 2.89. The van der Waals surface area contributed by atoms with Crippen molar-refractivity contribution in [1.29, 1.82) is 5.41 Å². The summed E-state index contributed by atoms with van der Waals surface area (Å²) in [6, 6.07) is -0.514. The monoisotopic (exact) mass is 233 g/mol. The molecule has 0 aromatic heterocycles. The summed E-state index contributed by atoms with van der Waals surface area (Å²) < 4.78 is 24.7. The molecule has 0 heterocycles. The molecule has 4 N–H and O–H groups in total. The molecule has 1 fully saturated rings. The Kier molecular flexibility index (Phi) is 4.10. The maximum Gasteiger partial charge on any atom is 0.209 e. The van der Waals surface area contributed by atoms with Crippen molar-refractivity contribution < 1.29 is 8.42 Å². The van der Waals surface area contributed by atoms with Gasteiger partial charge in [-0.1, -0.05) is 19.3 Å². The van der Waals surface area contributed by atoms with Crippen LogP contribution in [0.3, 0.4) is 0 Å². The van der Waals surface area contributed by atoms with Gasteiger partial charge in [-0.15, -0.1) is 0 Å². The number of rotatable bonds is 4. The van der Waals surface area contributed by atoms with Gasteiger partial charge >= 0.3 is 0 Å². The molecule has 1 aliphatic carbocycles. The smallest absolute Gasteiger partial charge is 0.209 e. The Hall–Kier alpha value is -0.620. The Morgan fingerprint density at radius 2 is 1.93 bits per heavy atom. The SMILES string of the molecule is CS(=O)(=O)NC(C(=N)N)C1CCCCC1. The van der Waals surface area contributed by atoms with Crippen LogP contribution in [0, 0.1) is 11.3 Å². The van der Waals surface area contributed by atoms with Crippen molar-refractivity contribution in [3.8, 4) is 0 Å². The number of sulfonamides is 1. The summed E-state index contributed by atoms with van der Waals surface area (Å²) in [6.45, 7) is 0. The molecule has 0 aliphatic heterocycles. The van der Waals surface area contributed by atoms with E-state index in [0.717, 1.165) is 31.9 Å². The molecular formula is C9H19N3O2S. The largest absolute Gasteiger partial charge is 0.386 e. The highest BCUT2D eigenvalue weighted by Crippen LogP contribution is 2.26. The van der Waals surface area contributed by atoms with E-state index in [2.05, 4.69) is 4.72 Å². The first kappa shape index (κ1) is 12.4. The Balaban J connectivity index is 2.68. The van der Waals surface area contributed by atoms with Gasteiger partial charge in [0, 0.05) is 0 Å². The second-order valence-corrected chi connectivity index (χ2v) is 6.00. The predicted octanol–water partition coefficient (Wildman–Crippen LogP) is 0.420. The van der Waals surface area contributed by atoms with Crippen molar-refractivity contribution in [2.75, 3.05) is 6.26 Å². The molecule has 1 saturated carbocycles. The molecular weight excluding hydrogens is 214 g/mol. The fourth-order valence-electron chi connectivity index (χ4n) is 2.11. The third-order valence-corrected chi connectivity index (χ3v) is 3.48. The van der Waals surface area contributed by atoms with Gasteiger partial charge < -0.3 is 5.73 Å². The van der Waals surface area contributed by atoms with E-state index in [1.165, 1.54) is 6.42 Å². The fraction of sp³-hybridized carbons (Fsp3) is 0.889. The molecule has 0 aromatic rings.